The SMILES string of the molecule is CN(C(=O)[C@@H]1CN(C(=O)OC(C)(C)C)C(=O)N1c1cc(C(F)(F)F)c2ncsc2n1)c1ccc(F)c(Cl)c1F. The van der Waals surface area contributed by atoms with Crippen LogP contribution in [-0.2, 0) is 15.7 Å². The molecular formula is C23H19ClF5N5O4S. The van der Waals surface area contributed by atoms with Crippen molar-refractivity contribution in [3.63, 3.8) is 0 Å². The molecule has 1 saturated heterocycles. The molecule has 16 heteroatoms. The van der Waals surface area contributed by atoms with Crippen molar-refractivity contribution >= 4 is 62.8 Å². The molecule has 2 aromatic heterocycles. The van der Waals surface area contributed by atoms with Gasteiger partial charge in [-0.15, -0.1) is 11.3 Å². The van der Waals surface area contributed by atoms with Crippen LogP contribution in [-0.4, -0.2) is 58.1 Å². The molecule has 1 atom stereocenters. The molecule has 1 aliphatic heterocycles. The molecule has 4 rings (SSSR count). The summed E-state index contributed by atoms with van der Waals surface area (Å²) in [6.07, 6.45) is -6.07. The van der Waals surface area contributed by atoms with Gasteiger partial charge in [-0.1, -0.05) is 11.6 Å². The minimum atomic E-state index is -4.90. The number of anilines is 2. The molecule has 0 saturated carbocycles. The topological polar surface area (TPSA) is 95.9 Å². The molecule has 0 aliphatic carbocycles. The van der Waals surface area contributed by atoms with Crippen LogP contribution in [0.15, 0.2) is 23.7 Å². The van der Waals surface area contributed by atoms with Gasteiger partial charge in [-0.25, -0.2) is 33.2 Å². The summed E-state index contributed by atoms with van der Waals surface area (Å²) in [5, 5.41) is -0.894. The number of likely N-dealkylation sites (N-methyl/N-ethyl adjacent to an activating group) is 1. The summed E-state index contributed by atoms with van der Waals surface area (Å²) in [6, 6.07) is -0.599. The predicted molar refractivity (Wildman–Crippen MR) is 132 cm³/mol. The van der Waals surface area contributed by atoms with Crippen LogP contribution in [0, 0.1) is 11.6 Å². The number of rotatable bonds is 3. The second-order valence-electron chi connectivity index (χ2n) is 9.38. The maximum Gasteiger partial charge on any atom is 0.418 e. The average molecular weight is 592 g/mol. The van der Waals surface area contributed by atoms with Crippen LogP contribution in [0.2, 0.25) is 5.02 Å². The van der Waals surface area contributed by atoms with E-state index in [1.807, 2.05) is 0 Å². The summed E-state index contributed by atoms with van der Waals surface area (Å²) < 4.78 is 75.2. The number of alkyl halides is 3. The van der Waals surface area contributed by atoms with Gasteiger partial charge >= 0.3 is 18.3 Å². The van der Waals surface area contributed by atoms with Crippen molar-refractivity contribution in [3.05, 3.63) is 45.9 Å². The highest BCUT2D eigenvalue weighted by Gasteiger charge is 2.49. The Balaban J connectivity index is 1.83. The van der Waals surface area contributed by atoms with E-state index in [2.05, 4.69) is 9.97 Å². The van der Waals surface area contributed by atoms with Gasteiger partial charge < -0.3 is 9.64 Å². The molecule has 4 amide bonds. The number of ether oxygens (including phenoxy) is 1. The molecule has 0 N–H and O–H groups in total. The number of thiazole rings is 1. The molecule has 1 fully saturated rings. The Morgan fingerprint density at radius 2 is 1.87 bits per heavy atom. The van der Waals surface area contributed by atoms with E-state index in [0.717, 1.165) is 36.0 Å². The Bertz CT molecular complexity index is 1490. The van der Waals surface area contributed by atoms with Crippen LogP contribution in [0.4, 0.5) is 43.0 Å². The van der Waals surface area contributed by atoms with Crippen LogP contribution in [0.25, 0.3) is 10.3 Å². The lowest BCUT2D eigenvalue weighted by Gasteiger charge is -2.27. The van der Waals surface area contributed by atoms with E-state index in [1.165, 1.54) is 20.8 Å². The Labute approximate surface area is 226 Å². The number of carbonyl (C=O) groups is 3. The van der Waals surface area contributed by atoms with Crippen LogP contribution in [0.5, 0.6) is 0 Å². The van der Waals surface area contributed by atoms with Gasteiger partial charge in [-0.3, -0.25) is 9.69 Å². The third-order valence-electron chi connectivity index (χ3n) is 5.56. The van der Waals surface area contributed by atoms with Crippen molar-refractivity contribution in [3.8, 4) is 0 Å². The number of imide groups is 1. The third kappa shape index (κ3) is 5.32. The number of nitrogens with zero attached hydrogens (tertiary/aromatic N) is 5. The zero-order valence-corrected chi connectivity index (χ0v) is 22.2. The summed E-state index contributed by atoms with van der Waals surface area (Å²) in [7, 11) is 1.09. The van der Waals surface area contributed by atoms with E-state index in [4.69, 9.17) is 16.3 Å². The largest absolute Gasteiger partial charge is 0.443 e. The van der Waals surface area contributed by atoms with Gasteiger partial charge in [0.05, 0.1) is 23.3 Å². The number of urea groups is 1. The van der Waals surface area contributed by atoms with Gasteiger partial charge in [-0.05, 0) is 39.0 Å². The van der Waals surface area contributed by atoms with E-state index in [-0.39, 0.29) is 4.83 Å². The molecule has 0 bridgehead atoms. The van der Waals surface area contributed by atoms with Gasteiger partial charge in [0.25, 0.3) is 5.91 Å². The number of benzene rings is 1. The molecule has 1 aliphatic rings. The third-order valence-corrected chi connectivity index (χ3v) is 6.62. The van der Waals surface area contributed by atoms with E-state index in [0.29, 0.717) is 20.8 Å². The first kappa shape index (κ1) is 28.4. The maximum absolute atomic E-state index is 14.7. The zero-order valence-electron chi connectivity index (χ0n) is 20.6. The number of hydrogen-bond donors (Lipinski definition) is 0. The van der Waals surface area contributed by atoms with Crippen molar-refractivity contribution in [2.45, 2.75) is 38.6 Å². The van der Waals surface area contributed by atoms with E-state index in [1.54, 1.807) is 0 Å². The fourth-order valence-corrected chi connectivity index (χ4v) is 4.64. The maximum atomic E-state index is 14.7. The number of amides is 4. The average Bonchev–Trinajstić information content (AvgIpc) is 3.43. The van der Waals surface area contributed by atoms with Crippen LogP contribution >= 0.6 is 22.9 Å². The highest BCUT2D eigenvalue weighted by atomic mass is 35.5. The summed E-state index contributed by atoms with van der Waals surface area (Å²) in [4.78, 5) is 49.2. The highest BCUT2D eigenvalue weighted by Crippen LogP contribution is 2.39. The lowest BCUT2D eigenvalue weighted by molar-refractivity contribution is -0.136. The first-order valence-electron chi connectivity index (χ1n) is 11.1. The lowest BCUT2D eigenvalue weighted by Crippen LogP contribution is -2.47. The molecule has 208 valence electrons. The molecule has 0 radical (unpaired) electrons. The van der Waals surface area contributed by atoms with Gasteiger partial charge in [0.2, 0.25) is 0 Å². The highest BCUT2D eigenvalue weighted by molar-refractivity contribution is 7.16. The van der Waals surface area contributed by atoms with Gasteiger partial charge in [0.15, 0.2) is 5.82 Å². The Hall–Kier alpha value is -3.59. The zero-order chi connectivity index (χ0) is 29.0. The van der Waals surface area contributed by atoms with Crippen molar-refractivity contribution in [1.82, 2.24) is 14.9 Å². The lowest BCUT2D eigenvalue weighted by atomic mass is 10.2. The monoisotopic (exact) mass is 591 g/mol. The number of hydrogen-bond acceptors (Lipinski definition) is 7. The molecule has 39 heavy (non-hydrogen) atoms. The normalized spacial score (nSPS) is 16.3. The van der Waals surface area contributed by atoms with E-state index < -0.39 is 81.6 Å². The fourth-order valence-electron chi connectivity index (χ4n) is 3.81. The molecule has 0 unspecified atom stereocenters. The van der Waals surface area contributed by atoms with Gasteiger partial charge in [-0.2, -0.15) is 13.2 Å². The quantitative estimate of drug-likeness (QED) is 0.280. The second kappa shape index (κ2) is 9.86. The molecule has 1 aromatic carbocycles. The summed E-state index contributed by atoms with van der Waals surface area (Å²) >= 11 is 6.39. The molecule has 9 nitrogen and oxygen atoms in total. The van der Waals surface area contributed by atoms with Gasteiger partial charge in [0.1, 0.15) is 38.6 Å². The first-order chi connectivity index (χ1) is 18.0. The smallest absolute Gasteiger partial charge is 0.418 e. The molecule has 3 heterocycles. The van der Waals surface area contributed by atoms with E-state index >= 15 is 0 Å². The summed E-state index contributed by atoms with van der Waals surface area (Å²) in [6.45, 7) is 3.90. The minimum absolute atomic E-state index is 0.181. The number of pyridine rings is 1. The Morgan fingerprint density at radius 3 is 2.49 bits per heavy atom. The van der Waals surface area contributed by atoms with Crippen LogP contribution in [0.1, 0.15) is 26.3 Å². The standard InChI is InChI=1S/C23H19ClF5N5O4S/c1-22(2,3)38-21(37)33-8-13(19(35)32(4)12-6-5-11(25)15(24)16(12)26)34(20(33)36)14-7-10(23(27,28)29)17-18(31-14)39-9-30-17/h5-7,9,13H,8H2,1-4H3/t13-/m0/s1. The van der Waals surface area contributed by atoms with Crippen molar-refractivity contribution in [2.75, 3.05) is 23.4 Å². The Kier molecular flexibility index (Phi) is 7.19. The molecule has 0 spiro atoms. The van der Waals surface area contributed by atoms with E-state index in [9.17, 15) is 36.3 Å². The number of fused-ring (bicyclic) bond motifs is 1. The minimum Gasteiger partial charge on any atom is -0.443 e. The molecule has 3 aromatic rings. The predicted octanol–water partition coefficient (Wildman–Crippen LogP) is 5.85. The number of aromatic nitrogens is 2. The fraction of sp³-hybridized carbons (Fsp3) is 0.348. The van der Waals surface area contributed by atoms with Crippen molar-refractivity contribution in [2.24, 2.45) is 0 Å². The Morgan fingerprint density at radius 1 is 1.21 bits per heavy atom. The number of halogens is 6. The number of carbonyl (C=O) groups excluding carboxylic acids is 3. The summed E-state index contributed by atoms with van der Waals surface area (Å²) in [5.74, 6) is -4.00. The van der Waals surface area contributed by atoms with Crippen molar-refractivity contribution < 1.29 is 41.1 Å². The van der Waals surface area contributed by atoms with Crippen LogP contribution < -0.4 is 9.80 Å². The van der Waals surface area contributed by atoms with Gasteiger partial charge in [0, 0.05) is 7.05 Å². The molecular weight excluding hydrogens is 573 g/mol. The first-order valence-corrected chi connectivity index (χ1v) is 12.3. The van der Waals surface area contributed by atoms with Crippen LogP contribution in [0.3, 0.4) is 0 Å². The second-order valence-corrected chi connectivity index (χ2v) is 10.6. The van der Waals surface area contributed by atoms with Crippen molar-refractivity contribution in [1.29, 1.82) is 0 Å². The summed E-state index contributed by atoms with van der Waals surface area (Å²) in [5.41, 5.74) is -2.08.